The van der Waals surface area contributed by atoms with Crippen LogP contribution in [0.5, 0.6) is 0 Å². The van der Waals surface area contributed by atoms with Gasteiger partial charge in [0.05, 0.1) is 45.9 Å². The van der Waals surface area contributed by atoms with Crippen LogP contribution in [0.25, 0.3) is 11.0 Å². The maximum Gasteiger partial charge on any atom is 0.252 e. The Kier molecular flexibility index (Phi) is 9.56. The summed E-state index contributed by atoms with van der Waals surface area (Å²) in [6.45, 7) is 7.58. The highest BCUT2D eigenvalue weighted by molar-refractivity contribution is 9.10. The Morgan fingerprint density at radius 2 is 1.36 bits per heavy atom. The summed E-state index contributed by atoms with van der Waals surface area (Å²) in [5.41, 5.74) is 15.1. The van der Waals surface area contributed by atoms with Crippen LogP contribution in [0, 0.1) is 35.5 Å². The maximum absolute atomic E-state index is 11.9. The van der Waals surface area contributed by atoms with Crippen LogP contribution in [-0.4, -0.2) is 91.8 Å². The zero-order valence-corrected chi connectivity index (χ0v) is 31.0. The number of primary amides is 2. The van der Waals surface area contributed by atoms with E-state index in [0.29, 0.717) is 65.5 Å². The molecule has 4 aliphatic rings. The number of amides is 3. The van der Waals surface area contributed by atoms with Gasteiger partial charge in [0.25, 0.3) is 11.8 Å². The molecule has 0 aromatic carbocycles. The first-order chi connectivity index (χ1) is 23.9. The highest BCUT2D eigenvalue weighted by Gasteiger charge is 2.47. The van der Waals surface area contributed by atoms with Crippen LogP contribution in [0.1, 0.15) is 47.4 Å². The van der Waals surface area contributed by atoms with Crippen molar-refractivity contribution in [2.45, 2.75) is 38.8 Å². The van der Waals surface area contributed by atoms with Crippen molar-refractivity contribution in [1.82, 2.24) is 29.4 Å². The number of aliphatic hydroxyl groups excluding tert-OH is 1. The van der Waals surface area contributed by atoms with Gasteiger partial charge in [-0.05, 0) is 105 Å². The van der Waals surface area contributed by atoms with Crippen molar-refractivity contribution < 1.29 is 19.5 Å². The molecule has 0 radical (unpaired) electrons. The predicted molar refractivity (Wildman–Crippen MR) is 196 cm³/mol. The molecular weight excluding hydrogens is 772 g/mol. The lowest BCUT2D eigenvalue weighted by molar-refractivity contribution is -0.133. The molecule has 4 fully saturated rings. The van der Waals surface area contributed by atoms with Crippen LogP contribution in [0.15, 0.2) is 45.9 Å². The molecule has 0 spiro atoms. The molecular formula is C34H42Br2N10O4. The van der Waals surface area contributed by atoms with Gasteiger partial charge in [-0.3, -0.25) is 14.4 Å². The van der Waals surface area contributed by atoms with Gasteiger partial charge >= 0.3 is 0 Å². The van der Waals surface area contributed by atoms with Crippen molar-refractivity contribution in [2.24, 2.45) is 47.0 Å². The van der Waals surface area contributed by atoms with Crippen molar-refractivity contribution in [3.63, 3.8) is 0 Å². The van der Waals surface area contributed by atoms with E-state index in [1.807, 2.05) is 24.5 Å². The minimum Gasteiger partial charge on any atom is -0.387 e. The molecule has 8 atom stereocenters. The zero-order chi connectivity index (χ0) is 35.4. The van der Waals surface area contributed by atoms with Crippen LogP contribution in [0.2, 0.25) is 0 Å². The smallest absolute Gasteiger partial charge is 0.252 e. The second kappa shape index (κ2) is 13.8. The number of rotatable bonds is 7. The van der Waals surface area contributed by atoms with Crippen LogP contribution < -0.4 is 27.4 Å². The number of nitrogens with zero attached hydrogens (tertiary/aromatic N) is 5. The fourth-order valence-corrected chi connectivity index (χ4v) is 9.65. The van der Waals surface area contributed by atoms with Gasteiger partial charge in [0.1, 0.15) is 6.61 Å². The summed E-state index contributed by atoms with van der Waals surface area (Å²) in [6, 6.07) is 4.39. The third-order valence-electron chi connectivity index (χ3n) is 11.5. The minimum absolute atomic E-state index is 0.171. The van der Waals surface area contributed by atoms with E-state index in [1.54, 1.807) is 20.1 Å². The van der Waals surface area contributed by atoms with E-state index in [1.165, 1.54) is 6.20 Å². The highest BCUT2D eigenvalue weighted by atomic mass is 79.9. The molecule has 2 saturated heterocycles. The fourth-order valence-electron chi connectivity index (χ4n) is 8.83. The molecule has 4 aromatic heterocycles. The van der Waals surface area contributed by atoms with Gasteiger partial charge in [0.2, 0.25) is 5.91 Å². The predicted octanol–water partition coefficient (Wildman–Crippen LogP) is 2.93. The zero-order valence-electron chi connectivity index (χ0n) is 27.9. The quantitative estimate of drug-likeness (QED) is 0.163. The fraction of sp³-hybridized carbons (Fsp3) is 0.500. The van der Waals surface area contributed by atoms with E-state index < -0.39 is 18.4 Å². The number of aliphatic hydroxyl groups is 1. The number of nitrogens with one attached hydrogen (secondary N) is 3. The number of nitrogens with two attached hydrogens (primary N) is 2. The summed E-state index contributed by atoms with van der Waals surface area (Å²) in [6.07, 6.45) is 8.76. The summed E-state index contributed by atoms with van der Waals surface area (Å²) >= 11 is 6.92. The number of fused-ring (bicyclic) bond motifs is 4. The standard InChI is InChI=1S/C18H22BrN5O3.C16H20BrN5O/c1-9-13-7-23(16(26)8-25)5-10(13)2-14(9)22-17-12(18(20)27)4-21-24-6-11(19)3-15(17)24;1-8-11-5-19-4-9(11)2-13(8)21-15-12(16(18)23)6-20-22-7-10(17)3-14(15)22/h3-4,6,9-10,13-14,22,25H,2,5,7-8H2,1H3,(H2,20,27);3,6-9,11,13,19,21H,2,4-5H2,1H3,(H2,18,23)/t9-,10-,13-,14-;8-,9-,11-,13-/m11/s1. The molecule has 2 saturated carbocycles. The first-order valence-electron chi connectivity index (χ1n) is 17.0. The summed E-state index contributed by atoms with van der Waals surface area (Å²) in [7, 11) is 0. The Morgan fingerprint density at radius 1 is 0.840 bits per heavy atom. The molecule has 14 nitrogen and oxygen atoms in total. The molecule has 50 heavy (non-hydrogen) atoms. The summed E-state index contributed by atoms with van der Waals surface area (Å²) in [5, 5.41) is 28.3. The molecule has 16 heteroatoms. The Balaban J connectivity index is 0.000000159. The van der Waals surface area contributed by atoms with Crippen LogP contribution >= 0.6 is 31.9 Å². The number of hydrogen-bond donors (Lipinski definition) is 6. The number of halogens is 2. The second-order valence-electron chi connectivity index (χ2n) is 14.2. The van der Waals surface area contributed by atoms with Gasteiger partial charge in [-0.25, -0.2) is 9.03 Å². The van der Waals surface area contributed by atoms with E-state index in [2.05, 4.69) is 71.9 Å². The van der Waals surface area contributed by atoms with Gasteiger partial charge in [0, 0.05) is 46.5 Å². The van der Waals surface area contributed by atoms with Crippen LogP contribution in [-0.2, 0) is 4.79 Å². The average Bonchev–Trinajstić information content (AvgIpc) is 3.92. The van der Waals surface area contributed by atoms with Crippen molar-refractivity contribution in [3.8, 4) is 0 Å². The van der Waals surface area contributed by atoms with E-state index in [4.69, 9.17) is 16.6 Å². The monoisotopic (exact) mass is 812 g/mol. The molecule has 8 rings (SSSR count). The van der Waals surface area contributed by atoms with Gasteiger partial charge in [-0.2, -0.15) is 10.2 Å². The minimum atomic E-state index is -0.518. The first-order valence-corrected chi connectivity index (χ1v) is 18.6. The number of hydrogen-bond acceptors (Lipinski definition) is 9. The van der Waals surface area contributed by atoms with Crippen molar-refractivity contribution in [1.29, 1.82) is 0 Å². The molecule has 6 heterocycles. The Hall–Kier alpha value is -3.73. The van der Waals surface area contributed by atoms with Gasteiger partial charge < -0.3 is 37.4 Å². The van der Waals surface area contributed by atoms with E-state index in [9.17, 15) is 14.4 Å². The highest BCUT2D eigenvalue weighted by Crippen LogP contribution is 2.44. The van der Waals surface area contributed by atoms with Crippen LogP contribution in [0.3, 0.4) is 0 Å². The molecule has 8 N–H and O–H groups in total. The van der Waals surface area contributed by atoms with Crippen molar-refractivity contribution in [2.75, 3.05) is 43.4 Å². The SMILES string of the molecule is C[C@@H]1[C@H]2CN(C(=O)CO)C[C@H]2C[C@H]1Nc1c(C(N)=O)cnn2cc(Br)cc12.C[C@@H]1[C@H]2CNC[C@H]2C[C@H]1Nc1c(C(N)=O)cnn2cc(Br)cc12. The number of carbonyl (C=O) groups excluding carboxylic acids is 3. The maximum atomic E-state index is 11.9. The summed E-state index contributed by atoms with van der Waals surface area (Å²) in [5.74, 6) is 1.90. The molecule has 2 aliphatic heterocycles. The normalized spacial score (nSPS) is 28.4. The number of anilines is 2. The Bertz CT molecular complexity index is 1960. The van der Waals surface area contributed by atoms with Crippen molar-refractivity contribution >= 4 is 72.0 Å². The van der Waals surface area contributed by atoms with Crippen molar-refractivity contribution in [3.05, 3.63) is 57.0 Å². The lowest BCUT2D eigenvalue weighted by Crippen LogP contribution is -2.35. The van der Waals surface area contributed by atoms with Crippen LogP contribution in [0.4, 0.5) is 11.4 Å². The molecule has 3 amide bonds. The van der Waals surface area contributed by atoms with E-state index >= 15 is 0 Å². The Morgan fingerprint density at radius 3 is 1.84 bits per heavy atom. The van der Waals surface area contributed by atoms with Gasteiger partial charge in [-0.1, -0.05) is 13.8 Å². The molecule has 0 bridgehead atoms. The number of carbonyl (C=O) groups is 3. The molecule has 0 unspecified atom stereocenters. The van der Waals surface area contributed by atoms with Gasteiger partial charge in [-0.15, -0.1) is 0 Å². The Labute approximate surface area is 305 Å². The lowest BCUT2D eigenvalue weighted by atomic mass is 9.93. The number of aromatic nitrogens is 4. The first kappa shape index (κ1) is 34.7. The average molecular weight is 815 g/mol. The largest absolute Gasteiger partial charge is 0.387 e. The van der Waals surface area contributed by atoms with Gasteiger partial charge in [0.15, 0.2) is 0 Å². The lowest BCUT2D eigenvalue weighted by Gasteiger charge is -2.25. The second-order valence-corrected chi connectivity index (χ2v) is 16.1. The molecule has 4 aromatic rings. The van der Waals surface area contributed by atoms with E-state index in [-0.39, 0.29) is 11.9 Å². The third-order valence-corrected chi connectivity index (χ3v) is 12.4. The molecule has 266 valence electrons. The summed E-state index contributed by atoms with van der Waals surface area (Å²) in [4.78, 5) is 37.3. The summed E-state index contributed by atoms with van der Waals surface area (Å²) < 4.78 is 5.27. The topological polar surface area (TPSA) is 197 Å². The van der Waals surface area contributed by atoms with E-state index in [0.717, 1.165) is 57.5 Å². The molecule has 2 aliphatic carbocycles. The number of likely N-dealkylation sites (tertiary alicyclic amines) is 1. The third kappa shape index (κ3) is 6.35.